The Morgan fingerprint density at radius 1 is 1.09 bits per heavy atom. The number of ether oxygens (including phenoxy) is 2. The van der Waals surface area contributed by atoms with Crippen molar-refractivity contribution < 1.29 is 28.7 Å². The van der Waals surface area contributed by atoms with Gasteiger partial charge in [0.15, 0.2) is 0 Å². The number of nitrogens with one attached hydrogen (secondary N) is 3. The van der Waals surface area contributed by atoms with Crippen LogP contribution in [0, 0.1) is 5.92 Å². The second-order valence-electron chi connectivity index (χ2n) is 7.87. The lowest BCUT2D eigenvalue weighted by molar-refractivity contribution is -0.138. The third-order valence-corrected chi connectivity index (χ3v) is 5.39. The maximum Gasteiger partial charge on any atom is 0.252 e. The highest BCUT2D eigenvalue weighted by Gasteiger charge is 2.34. The Bertz CT molecular complexity index is 835. The van der Waals surface area contributed by atoms with Gasteiger partial charge < -0.3 is 30.3 Å². The van der Waals surface area contributed by atoms with Crippen molar-refractivity contribution in [2.24, 2.45) is 5.92 Å². The fraction of sp³-hybridized carbons (Fsp3) is 0.545. The van der Waals surface area contributed by atoms with Crippen molar-refractivity contribution in [3.63, 3.8) is 0 Å². The number of nitrogens with zero attached hydrogens (tertiary/aromatic N) is 1. The molecule has 3 N–H and O–H groups in total. The third-order valence-electron chi connectivity index (χ3n) is 5.39. The molecule has 176 valence electrons. The number of methoxy groups -OCH3 is 2. The Morgan fingerprint density at radius 3 is 2.25 bits per heavy atom. The van der Waals surface area contributed by atoms with Crippen LogP contribution in [0.3, 0.4) is 0 Å². The van der Waals surface area contributed by atoms with E-state index in [0.29, 0.717) is 24.5 Å². The summed E-state index contributed by atoms with van der Waals surface area (Å²) in [4.78, 5) is 51.5. The minimum Gasteiger partial charge on any atom is -0.497 e. The van der Waals surface area contributed by atoms with Gasteiger partial charge >= 0.3 is 0 Å². The summed E-state index contributed by atoms with van der Waals surface area (Å²) in [7, 11) is 4.48. The molecule has 1 aliphatic rings. The maximum atomic E-state index is 12.8. The topological polar surface area (TPSA) is 126 Å². The molecule has 0 spiro atoms. The third kappa shape index (κ3) is 6.12. The highest BCUT2D eigenvalue weighted by atomic mass is 16.5. The predicted octanol–water partition coefficient (Wildman–Crippen LogP) is 0.311. The van der Waals surface area contributed by atoms with E-state index in [-0.39, 0.29) is 29.8 Å². The van der Waals surface area contributed by atoms with Crippen molar-refractivity contribution in [2.45, 2.75) is 38.8 Å². The van der Waals surface area contributed by atoms with E-state index in [1.165, 1.54) is 26.2 Å². The van der Waals surface area contributed by atoms with Gasteiger partial charge in [0.25, 0.3) is 5.91 Å². The number of benzene rings is 1. The predicted molar refractivity (Wildman–Crippen MR) is 117 cm³/mol. The van der Waals surface area contributed by atoms with Gasteiger partial charge in [-0.25, -0.2) is 0 Å². The maximum absolute atomic E-state index is 12.8. The molecule has 4 amide bonds. The molecule has 1 aliphatic heterocycles. The van der Waals surface area contributed by atoms with E-state index < -0.39 is 23.9 Å². The van der Waals surface area contributed by atoms with E-state index in [4.69, 9.17) is 9.47 Å². The number of likely N-dealkylation sites (tertiary alicyclic amines) is 1. The Labute approximate surface area is 188 Å². The monoisotopic (exact) mass is 448 g/mol. The van der Waals surface area contributed by atoms with Crippen LogP contribution in [0.25, 0.3) is 0 Å². The summed E-state index contributed by atoms with van der Waals surface area (Å²) in [6.45, 7) is 3.80. The van der Waals surface area contributed by atoms with Gasteiger partial charge in [-0.1, -0.05) is 13.8 Å². The zero-order valence-electron chi connectivity index (χ0n) is 19.2. The highest BCUT2D eigenvalue weighted by molar-refractivity contribution is 5.99. The summed E-state index contributed by atoms with van der Waals surface area (Å²) in [6, 6.07) is 3.35. The summed E-state index contributed by atoms with van der Waals surface area (Å²) in [5, 5.41) is 7.87. The van der Waals surface area contributed by atoms with E-state index in [9.17, 15) is 19.2 Å². The average Bonchev–Trinajstić information content (AvgIpc) is 3.29. The van der Waals surface area contributed by atoms with Gasteiger partial charge in [0.2, 0.25) is 17.7 Å². The molecule has 1 fully saturated rings. The number of hydrogen-bond acceptors (Lipinski definition) is 6. The van der Waals surface area contributed by atoms with Gasteiger partial charge in [0.05, 0.1) is 20.8 Å². The van der Waals surface area contributed by atoms with Crippen LogP contribution < -0.4 is 25.4 Å². The van der Waals surface area contributed by atoms with Gasteiger partial charge in [-0.2, -0.15) is 0 Å². The lowest BCUT2D eigenvalue weighted by Crippen LogP contribution is -2.53. The molecule has 1 heterocycles. The molecular formula is C22H32N4O6. The van der Waals surface area contributed by atoms with Crippen LogP contribution in [0.4, 0.5) is 0 Å². The molecule has 2 rings (SSSR count). The van der Waals surface area contributed by atoms with Gasteiger partial charge in [0, 0.05) is 25.2 Å². The molecule has 2 atom stereocenters. The minimum absolute atomic E-state index is 0.219. The Balaban J connectivity index is 2.03. The Hall–Kier alpha value is -3.30. The van der Waals surface area contributed by atoms with Crippen molar-refractivity contribution in [1.82, 2.24) is 20.9 Å². The molecule has 10 nitrogen and oxygen atoms in total. The molecule has 0 saturated carbocycles. The van der Waals surface area contributed by atoms with Gasteiger partial charge in [-0.3, -0.25) is 19.2 Å². The van der Waals surface area contributed by atoms with Crippen LogP contribution in [0.1, 0.15) is 37.0 Å². The molecule has 10 heteroatoms. The summed E-state index contributed by atoms with van der Waals surface area (Å²) in [6.07, 6.45) is 1.32. The molecule has 0 bridgehead atoms. The Kier molecular flexibility index (Phi) is 8.86. The van der Waals surface area contributed by atoms with Gasteiger partial charge in [-0.05, 0) is 30.9 Å². The molecular weight excluding hydrogens is 416 g/mol. The first-order chi connectivity index (χ1) is 15.2. The molecule has 0 aromatic heterocycles. The average molecular weight is 449 g/mol. The smallest absolute Gasteiger partial charge is 0.252 e. The first-order valence-corrected chi connectivity index (χ1v) is 10.5. The van der Waals surface area contributed by atoms with Crippen LogP contribution >= 0.6 is 0 Å². The van der Waals surface area contributed by atoms with Crippen molar-refractivity contribution in [2.75, 3.05) is 34.4 Å². The number of carbonyl (C=O) groups is 4. The SMILES string of the molecule is CNC(=O)C1CCCN1C(=O)CNC(=O)C(NC(=O)c1cc(OC)cc(OC)c1)C(C)C. The van der Waals surface area contributed by atoms with Crippen LogP contribution in [-0.2, 0) is 14.4 Å². The second-order valence-corrected chi connectivity index (χ2v) is 7.87. The molecule has 32 heavy (non-hydrogen) atoms. The minimum atomic E-state index is -0.860. The second kappa shape index (κ2) is 11.4. The largest absolute Gasteiger partial charge is 0.497 e. The molecule has 1 aromatic carbocycles. The summed E-state index contributed by atoms with van der Waals surface area (Å²) < 4.78 is 10.4. The zero-order valence-corrected chi connectivity index (χ0v) is 19.2. The molecule has 0 radical (unpaired) electrons. The first-order valence-electron chi connectivity index (χ1n) is 10.5. The summed E-state index contributed by atoms with van der Waals surface area (Å²) in [5.74, 6) is -0.844. The van der Waals surface area contributed by atoms with E-state index >= 15 is 0 Å². The van der Waals surface area contributed by atoms with Crippen molar-refractivity contribution in [3.05, 3.63) is 23.8 Å². The number of hydrogen-bond donors (Lipinski definition) is 3. The van der Waals surface area contributed by atoms with Gasteiger partial charge in [0.1, 0.15) is 23.6 Å². The van der Waals surface area contributed by atoms with E-state index in [1.54, 1.807) is 32.0 Å². The van der Waals surface area contributed by atoms with Crippen LogP contribution in [-0.4, -0.2) is 75.0 Å². The van der Waals surface area contributed by atoms with Gasteiger partial charge in [-0.15, -0.1) is 0 Å². The molecule has 0 aliphatic carbocycles. The van der Waals surface area contributed by atoms with Crippen molar-refractivity contribution in [3.8, 4) is 11.5 Å². The standard InChI is InChI=1S/C22H32N4O6/c1-13(2)19(25-20(28)14-9-15(31-4)11-16(10-14)32-5)22(30)24-12-18(27)26-8-6-7-17(26)21(29)23-3/h9-11,13,17,19H,6-8,12H2,1-5H3,(H,23,29)(H,24,30)(H,25,28). The fourth-order valence-electron chi connectivity index (χ4n) is 3.58. The van der Waals surface area contributed by atoms with E-state index in [0.717, 1.165) is 6.42 Å². The van der Waals surface area contributed by atoms with Crippen LogP contribution in [0.5, 0.6) is 11.5 Å². The summed E-state index contributed by atoms with van der Waals surface area (Å²) in [5.41, 5.74) is 0.279. The van der Waals surface area contributed by atoms with E-state index in [1.807, 2.05) is 0 Å². The highest BCUT2D eigenvalue weighted by Crippen LogP contribution is 2.22. The molecule has 1 aromatic rings. The first kappa shape index (κ1) is 25.0. The zero-order chi connectivity index (χ0) is 23.8. The van der Waals surface area contributed by atoms with Crippen LogP contribution in [0.15, 0.2) is 18.2 Å². The Morgan fingerprint density at radius 2 is 1.72 bits per heavy atom. The normalized spacial score (nSPS) is 16.3. The quantitative estimate of drug-likeness (QED) is 0.499. The lowest BCUT2D eigenvalue weighted by Gasteiger charge is -2.25. The lowest BCUT2D eigenvalue weighted by atomic mass is 10.0. The number of likely N-dealkylation sites (N-methyl/N-ethyl adjacent to an activating group) is 1. The fourth-order valence-corrected chi connectivity index (χ4v) is 3.58. The molecule has 2 unspecified atom stereocenters. The molecule has 1 saturated heterocycles. The summed E-state index contributed by atoms with van der Waals surface area (Å²) >= 11 is 0. The number of rotatable bonds is 9. The number of amides is 4. The van der Waals surface area contributed by atoms with Crippen molar-refractivity contribution >= 4 is 23.6 Å². The number of carbonyl (C=O) groups excluding carboxylic acids is 4. The van der Waals surface area contributed by atoms with Crippen LogP contribution in [0.2, 0.25) is 0 Å². The van der Waals surface area contributed by atoms with Crippen molar-refractivity contribution in [1.29, 1.82) is 0 Å². The van der Waals surface area contributed by atoms with E-state index in [2.05, 4.69) is 16.0 Å².